The number of amides is 1. The lowest BCUT2D eigenvalue weighted by Gasteiger charge is -2.15. The van der Waals surface area contributed by atoms with Crippen LogP contribution >= 0.6 is 11.3 Å². The predicted molar refractivity (Wildman–Crippen MR) is 104 cm³/mol. The lowest BCUT2D eigenvalue weighted by atomic mass is 10.0. The molecule has 0 unspecified atom stereocenters. The highest BCUT2D eigenvalue weighted by molar-refractivity contribution is 7.10. The third-order valence-corrected chi connectivity index (χ3v) is 5.29. The molecule has 6 heteroatoms. The highest BCUT2D eigenvalue weighted by Crippen LogP contribution is 2.23. The molecule has 3 rings (SSSR count). The van der Waals surface area contributed by atoms with E-state index in [0.29, 0.717) is 0 Å². The van der Waals surface area contributed by atoms with Gasteiger partial charge < -0.3 is 10.6 Å². The Morgan fingerprint density at radius 2 is 1.93 bits per heavy atom. The third-order valence-electron chi connectivity index (χ3n) is 4.34. The molecule has 1 amide bonds. The van der Waals surface area contributed by atoms with Gasteiger partial charge in [0.05, 0.1) is 10.6 Å². The number of hydrogen-bond donors (Lipinski definition) is 2. The van der Waals surface area contributed by atoms with Crippen LogP contribution in [0.15, 0.2) is 60.0 Å². The van der Waals surface area contributed by atoms with Crippen molar-refractivity contribution >= 4 is 22.9 Å². The van der Waals surface area contributed by atoms with Gasteiger partial charge in [-0.25, -0.2) is 8.78 Å². The molecule has 0 bridgehead atoms. The summed E-state index contributed by atoms with van der Waals surface area (Å²) < 4.78 is 27.0. The summed E-state index contributed by atoms with van der Waals surface area (Å²) in [7, 11) is 0. The van der Waals surface area contributed by atoms with E-state index in [1.807, 2.05) is 22.8 Å². The summed E-state index contributed by atoms with van der Waals surface area (Å²) in [6.07, 6.45) is 0.968. The highest BCUT2D eigenvalue weighted by atomic mass is 32.1. The monoisotopic (exact) mass is 387 g/mol. The van der Waals surface area contributed by atoms with E-state index in [9.17, 15) is 13.6 Å². The van der Waals surface area contributed by atoms with Crippen molar-refractivity contribution in [2.75, 3.05) is 11.9 Å². The van der Waals surface area contributed by atoms with Gasteiger partial charge in [0.2, 0.25) is 0 Å². The van der Waals surface area contributed by atoms with E-state index in [1.54, 1.807) is 11.3 Å². The van der Waals surface area contributed by atoms with Crippen molar-refractivity contribution in [3.8, 4) is 0 Å². The quantitative estimate of drug-likeness (QED) is 0.635. The fourth-order valence-corrected chi connectivity index (χ4v) is 3.72. The van der Waals surface area contributed by atoms with Crippen molar-refractivity contribution in [3.05, 3.63) is 87.6 Å². The maximum atomic E-state index is 13.7. The van der Waals surface area contributed by atoms with Crippen molar-refractivity contribution < 1.29 is 18.9 Å². The van der Waals surface area contributed by atoms with E-state index < -0.39 is 11.6 Å². The Labute approximate surface area is 161 Å². The van der Waals surface area contributed by atoms with Crippen molar-refractivity contribution in [2.45, 2.75) is 19.4 Å². The molecular weight excluding hydrogens is 366 g/mol. The largest absolute Gasteiger partial charge is 0.328 e. The number of anilines is 1. The molecule has 0 aliphatic carbocycles. The zero-order valence-electron chi connectivity index (χ0n) is 14.9. The van der Waals surface area contributed by atoms with Gasteiger partial charge in [-0.3, -0.25) is 4.79 Å². The van der Waals surface area contributed by atoms with Gasteiger partial charge in [-0.05, 0) is 35.6 Å². The molecule has 0 saturated heterocycles. The van der Waals surface area contributed by atoms with Crippen LogP contribution in [-0.2, 0) is 11.2 Å². The van der Waals surface area contributed by atoms with E-state index in [1.165, 1.54) is 5.56 Å². The molecule has 0 fully saturated rings. The second-order valence-electron chi connectivity index (χ2n) is 6.20. The molecule has 0 aliphatic rings. The number of carbonyl (C=O) groups excluding carboxylic acids is 1. The molecule has 27 heavy (non-hydrogen) atoms. The van der Waals surface area contributed by atoms with Crippen molar-refractivity contribution in [1.29, 1.82) is 0 Å². The summed E-state index contributed by atoms with van der Waals surface area (Å²) >= 11 is 1.62. The molecule has 1 atom stereocenters. The lowest BCUT2D eigenvalue weighted by molar-refractivity contribution is -0.675. The zero-order chi connectivity index (χ0) is 19.2. The Balaban J connectivity index is 1.71. The van der Waals surface area contributed by atoms with Crippen LogP contribution in [0, 0.1) is 11.6 Å². The molecule has 3 nitrogen and oxygen atoms in total. The van der Waals surface area contributed by atoms with E-state index in [2.05, 4.69) is 36.5 Å². The number of thiophene rings is 1. The van der Waals surface area contributed by atoms with E-state index >= 15 is 0 Å². The normalized spacial score (nSPS) is 12.0. The summed E-state index contributed by atoms with van der Waals surface area (Å²) in [5.74, 6) is -1.64. The Morgan fingerprint density at radius 3 is 2.59 bits per heavy atom. The number of benzene rings is 2. The van der Waals surface area contributed by atoms with Gasteiger partial charge in [0.1, 0.15) is 17.7 Å². The number of hydrogen-bond acceptors (Lipinski definition) is 2. The molecule has 2 aromatic carbocycles. The average molecular weight is 387 g/mol. The van der Waals surface area contributed by atoms with Crippen molar-refractivity contribution in [3.63, 3.8) is 0 Å². The maximum absolute atomic E-state index is 13.7. The number of nitrogens with one attached hydrogen (secondary N) is 1. The van der Waals surface area contributed by atoms with Gasteiger partial charge in [-0.2, -0.15) is 0 Å². The minimum absolute atomic E-state index is 0.0287. The molecule has 3 aromatic rings. The van der Waals surface area contributed by atoms with E-state index in [4.69, 9.17) is 0 Å². The first-order valence-corrected chi connectivity index (χ1v) is 9.65. The molecule has 3 N–H and O–H groups in total. The van der Waals surface area contributed by atoms with E-state index in [-0.39, 0.29) is 24.2 Å². The van der Waals surface area contributed by atoms with Crippen LogP contribution in [0.4, 0.5) is 14.5 Å². The second kappa shape index (κ2) is 8.88. The van der Waals surface area contributed by atoms with Gasteiger partial charge >= 0.3 is 0 Å². The standard InChI is InChI=1S/C21H20F2N2OS/c1-2-14-5-7-15(8-6-14)21(19-4-3-11-27-19)24-13-20(26)25-18-12-16(22)9-10-17(18)23/h3-12,21,24H,2,13H2,1H3,(H,25,26)/p+1/t21-/m1/s1. The van der Waals surface area contributed by atoms with Crippen LogP contribution in [0.2, 0.25) is 0 Å². The Hall–Kier alpha value is -2.57. The molecule has 0 radical (unpaired) electrons. The van der Waals surface area contributed by atoms with Gasteiger partial charge in [0.25, 0.3) is 5.91 Å². The fourth-order valence-electron chi connectivity index (χ4n) is 2.86. The van der Waals surface area contributed by atoms with Crippen molar-refractivity contribution in [2.24, 2.45) is 0 Å². The molecule has 0 aliphatic heterocycles. The highest BCUT2D eigenvalue weighted by Gasteiger charge is 2.20. The Morgan fingerprint density at radius 1 is 1.15 bits per heavy atom. The second-order valence-corrected chi connectivity index (χ2v) is 7.18. The van der Waals surface area contributed by atoms with Gasteiger partial charge in [-0.1, -0.05) is 37.3 Å². The van der Waals surface area contributed by atoms with Crippen LogP contribution in [0.5, 0.6) is 0 Å². The molecule has 0 saturated carbocycles. The van der Waals surface area contributed by atoms with Gasteiger partial charge in [-0.15, -0.1) is 11.3 Å². The van der Waals surface area contributed by atoms with Crippen LogP contribution < -0.4 is 10.6 Å². The minimum atomic E-state index is -0.658. The first-order chi connectivity index (χ1) is 13.1. The van der Waals surface area contributed by atoms with Crippen molar-refractivity contribution in [1.82, 2.24) is 0 Å². The van der Waals surface area contributed by atoms with Gasteiger partial charge in [0.15, 0.2) is 6.54 Å². The first kappa shape index (κ1) is 19.2. The number of aryl methyl sites for hydroxylation is 1. The smallest absolute Gasteiger partial charge is 0.279 e. The maximum Gasteiger partial charge on any atom is 0.279 e. The van der Waals surface area contributed by atoms with Gasteiger partial charge in [0, 0.05) is 11.6 Å². The first-order valence-electron chi connectivity index (χ1n) is 8.77. The summed E-state index contributed by atoms with van der Waals surface area (Å²) in [4.78, 5) is 13.4. The zero-order valence-corrected chi connectivity index (χ0v) is 15.7. The molecule has 1 aromatic heterocycles. The Kier molecular flexibility index (Phi) is 6.32. The number of carbonyl (C=O) groups is 1. The fraction of sp³-hybridized carbons (Fsp3) is 0.190. The SMILES string of the molecule is CCc1ccc([C@@H]([NH2+]CC(=O)Nc2cc(F)ccc2F)c2cccs2)cc1. The van der Waals surface area contributed by atoms with Crippen LogP contribution in [0.3, 0.4) is 0 Å². The molecule has 1 heterocycles. The topological polar surface area (TPSA) is 45.7 Å². The summed E-state index contributed by atoms with van der Waals surface area (Å²) in [6, 6.07) is 15.3. The summed E-state index contributed by atoms with van der Waals surface area (Å²) in [5, 5.41) is 6.34. The third kappa shape index (κ3) is 4.99. The lowest BCUT2D eigenvalue weighted by Crippen LogP contribution is -2.87. The Bertz CT molecular complexity index is 895. The number of rotatable bonds is 7. The molecule has 140 valence electrons. The van der Waals surface area contributed by atoms with E-state index in [0.717, 1.165) is 35.1 Å². The van der Waals surface area contributed by atoms with Crippen LogP contribution in [0.25, 0.3) is 0 Å². The summed E-state index contributed by atoms with van der Waals surface area (Å²) in [6.45, 7) is 2.20. The molecular formula is C21H21F2N2OS+. The van der Waals surface area contributed by atoms with Crippen LogP contribution in [0.1, 0.15) is 29.0 Å². The van der Waals surface area contributed by atoms with Crippen LogP contribution in [-0.4, -0.2) is 12.5 Å². The minimum Gasteiger partial charge on any atom is -0.328 e. The average Bonchev–Trinajstić information content (AvgIpc) is 3.20. The number of halogens is 2. The number of nitrogens with two attached hydrogens (primary N) is 1. The summed E-state index contributed by atoms with van der Waals surface area (Å²) in [5.41, 5.74) is 2.20. The number of quaternary nitrogens is 1. The molecule has 0 spiro atoms. The predicted octanol–water partition coefficient (Wildman–Crippen LogP) is 3.88.